The molecule has 1 rings (SSSR count). The van der Waals surface area contributed by atoms with Crippen LogP contribution in [0, 0.1) is 0 Å². The van der Waals surface area contributed by atoms with Gasteiger partial charge in [0.25, 0.3) is 0 Å². The molecule has 0 amide bonds. The summed E-state index contributed by atoms with van der Waals surface area (Å²) < 4.78 is 4.94. The zero-order chi connectivity index (χ0) is 16.0. The summed E-state index contributed by atoms with van der Waals surface area (Å²) in [7, 11) is 1.44. The molecule has 0 aliphatic rings. The standard InChI is InChI=1S/C17H27NO2S/c1-12(2)14-7-9-15(10-8-14)21-11-17(5,16(19)20-6)18-13(3)4/h7-10,12-13,18H,11H2,1-6H3. The number of thioether (sulfide) groups is 1. The predicted molar refractivity (Wildman–Crippen MR) is 89.9 cm³/mol. The quantitative estimate of drug-likeness (QED) is 0.613. The van der Waals surface area contributed by atoms with Gasteiger partial charge in [0, 0.05) is 16.7 Å². The van der Waals surface area contributed by atoms with Gasteiger partial charge in [0.2, 0.25) is 0 Å². The normalized spacial score (nSPS) is 14.3. The van der Waals surface area contributed by atoms with E-state index in [1.54, 1.807) is 11.8 Å². The summed E-state index contributed by atoms with van der Waals surface area (Å²) in [5.41, 5.74) is 0.653. The third kappa shape index (κ3) is 5.36. The third-order valence-corrected chi connectivity index (χ3v) is 4.64. The molecule has 0 radical (unpaired) electrons. The Labute approximate surface area is 132 Å². The molecule has 0 heterocycles. The van der Waals surface area contributed by atoms with E-state index in [9.17, 15) is 4.79 Å². The lowest BCUT2D eigenvalue weighted by molar-refractivity contribution is -0.147. The molecule has 21 heavy (non-hydrogen) atoms. The molecule has 4 heteroatoms. The van der Waals surface area contributed by atoms with Crippen LogP contribution in [0.3, 0.4) is 0 Å². The minimum atomic E-state index is -0.676. The minimum Gasteiger partial charge on any atom is -0.468 e. The SMILES string of the molecule is COC(=O)C(C)(CSc1ccc(C(C)C)cc1)NC(C)C. The van der Waals surface area contributed by atoms with Gasteiger partial charge in [0.15, 0.2) is 0 Å². The van der Waals surface area contributed by atoms with E-state index in [1.165, 1.54) is 17.6 Å². The van der Waals surface area contributed by atoms with Crippen LogP contribution in [0.2, 0.25) is 0 Å². The van der Waals surface area contributed by atoms with E-state index >= 15 is 0 Å². The van der Waals surface area contributed by atoms with E-state index < -0.39 is 5.54 Å². The first kappa shape index (κ1) is 18.1. The van der Waals surface area contributed by atoms with Crippen LogP contribution in [0.1, 0.15) is 46.1 Å². The van der Waals surface area contributed by atoms with Crippen molar-refractivity contribution in [1.82, 2.24) is 5.32 Å². The summed E-state index contributed by atoms with van der Waals surface area (Å²) >= 11 is 1.67. The van der Waals surface area contributed by atoms with Gasteiger partial charge in [-0.05, 0) is 44.4 Å². The van der Waals surface area contributed by atoms with E-state index in [2.05, 4.69) is 43.4 Å². The van der Waals surface area contributed by atoms with E-state index in [0.29, 0.717) is 11.7 Å². The number of benzene rings is 1. The molecule has 1 unspecified atom stereocenters. The van der Waals surface area contributed by atoms with Crippen LogP contribution >= 0.6 is 11.8 Å². The number of esters is 1. The monoisotopic (exact) mass is 309 g/mol. The molecule has 1 aromatic carbocycles. The average molecular weight is 309 g/mol. The summed E-state index contributed by atoms with van der Waals surface area (Å²) in [6.45, 7) is 10.3. The zero-order valence-corrected chi connectivity index (χ0v) is 14.7. The van der Waals surface area contributed by atoms with Crippen LogP contribution in [0.5, 0.6) is 0 Å². The van der Waals surface area contributed by atoms with Gasteiger partial charge in [-0.3, -0.25) is 10.1 Å². The number of rotatable bonds is 7. The number of methoxy groups -OCH3 is 1. The number of ether oxygens (including phenoxy) is 1. The summed E-state index contributed by atoms with van der Waals surface area (Å²) in [5, 5.41) is 3.31. The Kier molecular flexibility index (Phi) is 6.75. The largest absolute Gasteiger partial charge is 0.468 e. The fourth-order valence-electron chi connectivity index (χ4n) is 2.20. The number of carbonyl (C=O) groups is 1. The number of nitrogens with one attached hydrogen (secondary N) is 1. The van der Waals surface area contributed by atoms with Crippen molar-refractivity contribution in [3.8, 4) is 0 Å². The molecule has 0 fully saturated rings. The molecule has 0 aliphatic heterocycles. The first-order chi connectivity index (χ1) is 9.78. The second-order valence-electron chi connectivity index (χ2n) is 6.14. The summed E-state index contributed by atoms with van der Waals surface area (Å²) in [6.07, 6.45) is 0. The fourth-order valence-corrected chi connectivity index (χ4v) is 3.18. The average Bonchev–Trinajstić information content (AvgIpc) is 2.44. The van der Waals surface area contributed by atoms with Crippen LogP contribution in [-0.4, -0.2) is 30.4 Å². The lowest BCUT2D eigenvalue weighted by atomic mass is 10.0. The Morgan fingerprint density at radius 1 is 1.24 bits per heavy atom. The highest BCUT2D eigenvalue weighted by molar-refractivity contribution is 7.99. The Balaban J connectivity index is 2.74. The van der Waals surface area contributed by atoms with Crippen molar-refractivity contribution in [1.29, 1.82) is 0 Å². The lowest BCUT2D eigenvalue weighted by Crippen LogP contribution is -2.54. The molecule has 3 nitrogen and oxygen atoms in total. The van der Waals surface area contributed by atoms with Gasteiger partial charge >= 0.3 is 5.97 Å². The molecule has 1 aromatic rings. The molecule has 0 bridgehead atoms. The second-order valence-corrected chi connectivity index (χ2v) is 7.18. The van der Waals surface area contributed by atoms with Crippen LogP contribution < -0.4 is 5.32 Å². The molecular formula is C17H27NO2S. The Bertz CT molecular complexity index is 456. The topological polar surface area (TPSA) is 38.3 Å². The maximum Gasteiger partial charge on any atom is 0.326 e. The molecule has 1 N–H and O–H groups in total. The van der Waals surface area contributed by atoms with Gasteiger partial charge in [-0.2, -0.15) is 0 Å². The van der Waals surface area contributed by atoms with Crippen molar-refractivity contribution >= 4 is 17.7 Å². The number of hydrogen-bond acceptors (Lipinski definition) is 4. The Morgan fingerprint density at radius 2 is 1.81 bits per heavy atom. The minimum absolute atomic E-state index is 0.220. The van der Waals surface area contributed by atoms with Crippen LogP contribution in [-0.2, 0) is 9.53 Å². The summed E-state index contributed by atoms with van der Waals surface area (Å²) in [6, 6.07) is 8.76. The number of hydrogen-bond donors (Lipinski definition) is 1. The van der Waals surface area contributed by atoms with Crippen LogP contribution in [0.25, 0.3) is 0 Å². The smallest absolute Gasteiger partial charge is 0.326 e. The molecule has 0 saturated heterocycles. The highest BCUT2D eigenvalue weighted by Gasteiger charge is 2.34. The molecule has 0 aromatic heterocycles. The van der Waals surface area contributed by atoms with Gasteiger partial charge in [0.1, 0.15) is 5.54 Å². The maximum absolute atomic E-state index is 12.0. The Hall–Kier alpha value is -1.00. The van der Waals surface area contributed by atoms with Crippen molar-refractivity contribution in [2.24, 2.45) is 0 Å². The number of carbonyl (C=O) groups excluding carboxylic acids is 1. The van der Waals surface area contributed by atoms with Gasteiger partial charge in [0.05, 0.1) is 7.11 Å². The van der Waals surface area contributed by atoms with Gasteiger partial charge in [-0.15, -0.1) is 11.8 Å². The fraction of sp³-hybridized carbons (Fsp3) is 0.588. The molecule has 0 spiro atoms. The van der Waals surface area contributed by atoms with E-state index in [0.717, 1.165) is 0 Å². The molecule has 0 aliphatic carbocycles. The lowest BCUT2D eigenvalue weighted by Gasteiger charge is -2.29. The van der Waals surface area contributed by atoms with Crippen molar-refractivity contribution < 1.29 is 9.53 Å². The summed E-state index contributed by atoms with van der Waals surface area (Å²) in [4.78, 5) is 13.2. The maximum atomic E-state index is 12.0. The first-order valence-corrected chi connectivity index (χ1v) is 8.36. The molecule has 1 atom stereocenters. The first-order valence-electron chi connectivity index (χ1n) is 7.37. The second kappa shape index (κ2) is 7.85. The zero-order valence-electron chi connectivity index (χ0n) is 13.9. The molecule has 0 saturated carbocycles. The van der Waals surface area contributed by atoms with Crippen molar-refractivity contribution in [3.63, 3.8) is 0 Å². The predicted octanol–water partition coefficient (Wildman–Crippen LogP) is 3.83. The highest BCUT2D eigenvalue weighted by Crippen LogP contribution is 2.26. The highest BCUT2D eigenvalue weighted by atomic mass is 32.2. The van der Waals surface area contributed by atoms with Crippen molar-refractivity contribution in [3.05, 3.63) is 29.8 Å². The van der Waals surface area contributed by atoms with E-state index in [-0.39, 0.29) is 12.0 Å². The van der Waals surface area contributed by atoms with Crippen LogP contribution in [0.4, 0.5) is 0 Å². The Morgan fingerprint density at radius 3 is 2.24 bits per heavy atom. The van der Waals surface area contributed by atoms with Gasteiger partial charge in [-0.25, -0.2) is 0 Å². The van der Waals surface area contributed by atoms with Crippen LogP contribution in [0.15, 0.2) is 29.2 Å². The molecular weight excluding hydrogens is 282 g/mol. The van der Waals surface area contributed by atoms with Crippen molar-refractivity contribution in [2.75, 3.05) is 12.9 Å². The third-order valence-electron chi connectivity index (χ3n) is 3.32. The van der Waals surface area contributed by atoms with E-state index in [1.807, 2.05) is 20.8 Å². The van der Waals surface area contributed by atoms with Gasteiger partial charge < -0.3 is 4.74 Å². The van der Waals surface area contributed by atoms with Crippen molar-refractivity contribution in [2.45, 2.75) is 57.0 Å². The van der Waals surface area contributed by atoms with Gasteiger partial charge in [-0.1, -0.05) is 26.0 Å². The summed E-state index contributed by atoms with van der Waals surface area (Å²) in [5.74, 6) is 0.952. The van der Waals surface area contributed by atoms with E-state index in [4.69, 9.17) is 4.74 Å². The molecule has 118 valence electrons.